The van der Waals surface area contributed by atoms with E-state index in [1.807, 2.05) is 20.8 Å². The third kappa shape index (κ3) is 7.64. The van der Waals surface area contributed by atoms with Crippen molar-refractivity contribution in [1.82, 2.24) is 19.6 Å². The Morgan fingerprint density at radius 2 is 1.86 bits per heavy atom. The third-order valence-corrected chi connectivity index (χ3v) is 9.94. The fraction of sp³-hybridized carbons (Fsp3) is 0.645. The largest absolute Gasteiger partial charge is 0.450 e. The summed E-state index contributed by atoms with van der Waals surface area (Å²) >= 11 is 0. The first-order valence-corrected chi connectivity index (χ1v) is 17.4. The Morgan fingerprint density at radius 3 is 2.49 bits per heavy atom. The smallest absolute Gasteiger partial charge is 0.229 e. The van der Waals surface area contributed by atoms with E-state index in [0.717, 1.165) is 71.2 Å². The monoisotopic (exact) mass is 616 g/mol. The van der Waals surface area contributed by atoms with Crippen LogP contribution < -0.4 is 19.3 Å². The number of nitrogens with one attached hydrogen (secondary N) is 1. The molecule has 3 heterocycles. The maximum Gasteiger partial charge on any atom is 0.229 e. The predicted octanol–water partition coefficient (Wildman–Crippen LogP) is 4.43. The van der Waals surface area contributed by atoms with Crippen molar-refractivity contribution in [3.8, 4) is 11.5 Å². The van der Waals surface area contributed by atoms with Gasteiger partial charge in [-0.3, -0.25) is 4.79 Å². The molecule has 43 heavy (non-hydrogen) atoms. The average molecular weight is 617 g/mol. The molecule has 0 radical (unpaired) electrons. The van der Waals surface area contributed by atoms with Gasteiger partial charge in [-0.15, -0.1) is 0 Å². The number of nitrogens with zero attached hydrogens (tertiary/aromatic N) is 5. The summed E-state index contributed by atoms with van der Waals surface area (Å²) in [7, 11) is -3.14. The van der Waals surface area contributed by atoms with E-state index < -0.39 is 15.8 Å². The molecule has 2 aliphatic heterocycles. The van der Waals surface area contributed by atoms with E-state index in [2.05, 4.69) is 24.5 Å². The number of aromatic nitrogens is 2. The van der Waals surface area contributed by atoms with Gasteiger partial charge in [-0.25, -0.2) is 27.5 Å². The van der Waals surface area contributed by atoms with Crippen molar-refractivity contribution in [3.63, 3.8) is 0 Å². The molecule has 12 heteroatoms. The summed E-state index contributed by atoms with van der Waals surface area (Å²) in [4.78, 5) is 28.0. The highest BCUT2D eigenvalue weighted by atomic mass is 32.2. The van der Waals surface area contributed by atoms with Gasteiger partial charge in [-0.2, -0.15) is 0 Å². The van der Waals surface area contributed by atoms with E-state index >= 15 is 0 Å². The number of hydrogen-bond acceptors (Lipinski definition) is 8. The lowest BCUT2D eigenvalue weighted by atomic mass is 9.71. The van der Waals surface area contributed by atoms with Crippen molar-refractivity contribution in [2.75, 3.05) is 55.3 Å². The van der Waals surface area contributed by atoms with Gasteiger partial charge < -0.3 is 19.4 Å². The van der Waals surface area contributed by atoms with Gasteiger partial charge in [-0.05, 0) is 76.6 Å². The Kier molecular flexibility index (Phi) is 9.58. The number of piperidine rings is 1. The van der Waals surface area contributed by atoms with Gasteiger partial charge in [0.2, 0.25) is 15.9 Å². The zero-order chi connectivity index (χ0) is 30.8. The molecular formula is C31H45FN6O4S. The van der Waals surface area contributed by atoms with Crippen molar-refractivity contribution in [3.05, 3.63) is 36.5 Å². The molecular weight excluding hydrogens is 571 g/mol. The van der Waals surface area contributed by atoms with E-state index in [1.165, 1.54) is 24.7 Å². The molecule has 1 aromatic heterocycles. The quantitative estimate of drug-likeness (QED) is 0.418. The van der Waals surface area contributed by atoms with Crippen LogP contribution in [0.2, 0.25) is 0 Å². The van der Waals surface area contributed by atoms with Crippen molar-refractivity contribution >= 4 is 27.4 Å². The number of anilines is 2. The Bertz CT molecular complexity index is 1380. The maximum atomic E-state index is 14.3. The SMILES string of the molecule is CCN(C(=O)C(C)C)c1cc(F)ccc1Oc1cncnc1N1CC2(CCN(C[C@H]3CC[C@H](NS(C)(=O)=O)CC3)CC2)C1. The summed E-state index contributed by atoms with van der Waals surface area (Å²) in [6, 6.07) is 4.31. The molecule has 10 nitrogen and oxygen atoms in total. The molecule has 2 saturated heterocycles. The zero-order valence-electron chi connectivity index (χ0n) is 25.8. The lowest BCUT2D eigenvalue weighted by Gasteiger charge is -2.54. The van der Waals surface area contributed by atoms with Gasteiger partial charge in [0.25, 0.3) is 0 Å². The standard InChI is InChI=1S/C31H45FN6O4S/c1-5-38(30(39)22(2)3)26-16-24(32)8-11-27(26)42-28-17-33-21-34-29(28)37-19-31(20-37)12-14-36(15-13-31)18-23-6-9-25(10-7-23)35-43(4,40)41/h8,11,16-17,21-23,25,35H,5-7,9-10,12-15,18-20H2,1-4H3/t23-,25-. The number of benzene rings is 1. The lowest BCUT2D eigenvalue weighted by molar-refractivity contribution is -0.121. The van der Waals surface area contributed by atoms with Gasteiger partial charge >= 0.3 is 0 Å². The van der Waals surface area contributed by atoms with Crippen LogP contribution in [0.4, 0.5) is 15.9 Å². The maximum absolute atomic E-state index is 14.3. The molecule has 1 N–H and O–H groups in total. The van der Waals surface area contributed by atoms with Crippen LogP contribution in [0.15, 0.2) is 30.7 Å². The summed E-state index contributed by atoms with van der Waals surface area (Å²) in [6.45, 7) is 10.9. The van der Waals surface area contributed by atoms with Crippen molar-refractivity contribution in [2.45, 2.75) is 65.3 Å². The Hall–Kier alpha value is -2.83. The van der Waals surface area contributed by atoms with Gasteiger partial charge in [-0.1, -0.05) is 13.8 Å². The summed E-state index contributed by atoms with van der Waals surface area (Å²) < 4.78 is 46.5. The van der Waals surface area contributed by atoms with Crippen LogP contribution in [-0.2, 0) is 14.8 Å². The highest BCUT2D eigenvalue weighted by molar-refractivity contribution is 7.88. The zero-order valence-corrected chi connectivity index (χ0v) is 26.6. The first-order valence-electron chi connectivity index (χ1n) is 15.5. The number of carbonyl (C=O) groups excluding carboxylic acids is 1. The molecule has 1 amide bonds. The first-order chi connectivity index (χ1) is 20.4. The highest BCUT2D eigenvalue weighted by Gasteiger charge is 2.46. The summed E-state index contributed by atoms with van der Waals surface area (Å²) in [6.07, 6.45) is 10.6. The van der Waals surface area contributed by atoms with Crippen molar-refractivity contribution in [2.24, 2.45) is 17.3 Å². The number of carbonyl (C=O) groups is 1. The third-order valence-electron chi connectivity index (χ3n) is 9.18. The van der Waals surface area contributed by atoms with E-state index in [-0.39, 0.29) is 23.3 Å². The Balaban J connectivity index is 1.17. The van der Waals surface area contributed by atoms with Crippen molar-refractivity contribution in [1.29, 1.82) is 0 Å². The number of sulfonamides is 1. The number of hydrogen-bond donors (Lipinski definition) is 1. The van der Waals surface area contributed by atoms with Gasteiger partial charge in [0.05, 0.1) is 18.1 Å². The van der Waals surface area contributed by atoms with E-state index in [1.54, 1.807) is 17.2 Å². The summed E-state index contributed by atoms with van der Waals surface area (Å²) in [5.74, 6) is 1.42. The molecule has 1 spiro atoms. The second-order valence-corrected chi connectivity index (χ2v) is 14.7. The minimum atomic E-state index is -3.14. The molecule has 3 fully saturated rings. The average Bonchev–Trinajstić information content (AvgIpc) is 2.94. The number of rotatable bonds is 10. The number of amides is 1. The number of halogens is 1. The van der Waals surface area contributed by atoms with Crippen LogP contribution in [0.5, 0.6) is 11.5 Å². The first kappa shape index (κ1) is 31.6. The summed E-state index contributed by atoms with van der Waals surface area (Å²) in [5.41, 5.74) is 0.642. The van der Waals surface area contributed by atoms with Crippen LogP contribution in [0.1, 0.15) is 59.3 Å². The molecule has 0 atom stereocenters. The van der Waals surface area contributed by atoms with Crippen molar-refractivity contribution < 1.29 is 22.3 Å². The Labute approximate surface area is 255 Å². The molecule has 0 unspecified atom stereocenters. The van der Waals surface area contributed by atoms with Gasteiger partial charge in [0.15, 0.2) is 17.3 Å². The van der Waals surface area contributed by atoms with Crippen LogP contribution in [-0.4, -0.2) is 80.8 Å². The van der Waals surface area contributed by atoms with Gasteiger partial charge in [0, 0.05) is 49.6 Å². The molecule has 1 aliphatic carbocycles. The molecule has 0 bridgehead atoms. The Morgan fingerprint density at radius 1 is 1.16 bits per heavy atom. The van der Waals surface area contributed by atoms with E-state index in [9.17, 15) is 17.6 Å². The number of ether oxygens (including phenoxy) is 1. The molecule has 1 aromatic carbocycles. The fourth-order valence-corrected chi connectivity index (χ4v) is 7.69. The minimum absolute atomic E-state index is 0.0789. The van der Waals surface area contributed by atoms with E-state index in [4.69, 9.17) is 4.74 Å². The normalized spacial score (nSPS) is 22.4. The molecule has 1 saturated carbocycles. The molecule has 2 aromatic rings. The lowest BCUT2D eigenvalue weighted by Crippen LogP contribution is -2.61. The van der Waals surface area contributed by atoms with Crippen LogP contribution >= 0.6 is 0 Å². The summed E-state index contributed by atoms with van der Waals surface area (Å²) in [5, 5.41) is 0. The topological polar surface area (TPSA) is 108 Å². The van der Waals surface area contributed by atoms with Crippen LogP contribution in [0, 0.1) is 23.1 Å². The van der Waals surface area contributed by atoms with Crippen LogP contribution in [0.3, 0.4) is 0 Å². The second kappa shape index (κ2) is 13.0. The van der Waals surface area contributed by atoms with E-state index in [0.29, 0.717) is 35.5 Å². The second-order valence-electron chi connectivity index (χ2n) is 12.9. The fourth-order valence-electron chi connectivity index (χ4n) is 6.85. The highest BCUT2D eigenvalue weighted by Crippen LogP contribution is 2.45. The van der Waals surface area contributed by atoms with Gasteiger partial charge in [0.1, 0.15) is 12.1 Å². The van der Waals surface area contributed by atoms with Crippen LogP contribution in [0.25, 0.3) is 0 Å². The molecule has 5 rings (SSSR count). The molecule has 236 valence electrons. The predicted molar refractivity (Wildman–Crippen MR) is 165 cm³/mol. The minimum Gasteiger partial charge on any atom is -0.450 e. The number of likely N-dealkylation sites (tertiary alicyclic amines) is 1. The molecule has 3 aliphatic rings.